The molecular formula is C11H17Br2N3. The standard InChI is InChI=1S/C11H17Br2N3/c1-2-3-4-9(6-14)16-11-10(13)5-8(12)7-15-11/h5,7,9H,2-4,6,14H2,1H3,(H,15,16). The minimum Gasteiger partial charge on any atom is -0.365 e. The van der Waals surface area contributed by atoms with Gasteiger partial charge < -0.3 is 11.1 Å². The Kier molecular flexibility index (Phi) is 6.31. The maximum absolute atomic E-state index is 5.73. The van der Waals surface area contributed by atoms with Crippen molar-refractivity contribution in [2.45, 2.75) is 32.2 Å². The van der Waals surface area contributed by atoms with Gasteiger partial charge >= 0.3 is 0 Å². The zero-order valence-corrected chi connectivity index (χ0v) is 12.5. The molecule has 1 aromatic rings. The lowest BCUT2D eigenvalue weighted by molar-refractivity contribution is 0.612. The van der Waals surface area contributed by atoms with Gasteiger partial charge in [0, 0.05) is 23.3 Å². The molecule has 0 radical (unpaired) electrons. The third-order valence-electron chi connectivity index (χ3n) is 2.34. The molecule has 3 N–H and O–H groups in total. The molecule has 90 valence electrons. The topological polar surface area (TPSA) is 50.9 Å². The van der Waals surface area contributed by atoms with Crippen LogP contribution in [-0.4, -0.2) is 17.6 Å². The van der Waals surface area contributed by atoms with Gasteiger partial charge in [0.15, 0.2) is 0 Å². The van der Waals surface area contributed by atoms with Crippen LogP contribution >= 0.6 is 31.9 Å². The second-order valence-corrected chi connectivity index (χ2v) is 5.47. The molecule has 5 heteroatoms. The number of pyridine rings is 1. The summed E-state index contributed by atoms with van der Waals surface area (Å²) in [5.74, 6) is 0.856. The molecule has 1 atom stereocenters. The number of halogens is 2. The number of unbranched alkanes of at least 4 members (excludes halogenated alkanes) is 1. The van der Waals surface area contributed by atoms with Gasteiger partial charge in [-0.2, -0.15) is 0 Å². The van der Waals surface area contributed by atoms with E-state index in [-0.39, 0.29) is 0 Å². The Morgan fingerprint density at radius 1 is 1.50 bits per heavy atom. The van der Waals surface area contributed by atoms with E-state index < -0.39 is 0 Å². The summed E-state index contributed by atoms with van der Waals surface area (Å²) in [6, 6.07) is 2.27. The molecule has 0 fully saturated rings. The Hall–Kier alpha value is -0.130. The van der Waals surface area contributed by atoms with E-state index in [4.69, 9.17) is 5.73 Å². The molecule has 1 heterocycles. The molecule has 0 spiro atoms. The molecule has 0 aliphatic carbocycles. The van der Waals surface area contributed by atoms with Crippen LogP contribution in [0.2, 0.25) is 0 Å². The van der Waals surface area contributed by atoms with Crippen molar-refractivity contribution >= 4 is 37.7 Å². The largest absolute Gasteiger partial charge is 0.365 e. The average Bonchev–Trinajstić information content (AvgIpc) is 2.27. The first-order valence-corrected chi connectivity index (χ1v) is 7.03. The second kappa shape index (κ2) is 7.25. The maximum Gasteiger partial charge on any atom is 0.140 e. The van der Waals surface area contributed by atoms with Crippen LogP contribution in [0, 0.1) is 0 Å². The fraction of sp³-hybridized carbons (Fsp3) is 0.545. The molecule has 0 aliphatic rings. The Labute approximate surface area is 113 Å². The van der Waals surface area contributed by atoms with Crippen LogP contribution in [0.3, 0.4) is 0 Å². The van der Waals surface area contributed by atoms with Gasteiger partial charge in [-0.25, -0.2) is 4.98 Å². The molecule has 0 amide bonds. The molecule has 1 rings (SSSR count). The molecule has 0 saturated carbocycles. The number of nitrogens with one attached hydrogen (secondary N) is 1. The molecule has 0 bridgehead atoms. The Morgan fingerprint density at radius 3 is 2.81 bits per heavy atom. The molecule has 0 saturated heterocycles. The highest BCUT2D eigenvalue weighted by Crippen LogP contribution is 2.24. The van der Waals surface area contributed by atoms with Gasteiger partial charge in [0.2, 0.25) is 0 Å². The fourth-order valence-electron chi connectivity index (χ4n) is 1.41. The zero-order valence-electron chi connectivity index (χ0n) is 9.34. The van der Waals surface area contributed by atoms with E-state index in [0.717, 1.165) is 21.2 Å². The molecule has 0 aliphatic heterocycles. The first kappa shape index (κ1) is 13.9. The lowest BCUT2D eigenvalue weighted by Crippen LogP contribution is -2.29. The van der Waals surface area contributed by atoms with Gasteiger partial charge in [-0.05, 0) is 44.3 Å². The van der Waals surface area contributed by atoms with Crippen molar-refractivity contribution in [3.63, 3.8) is 0 Å². The molecule has 3 nitrogen and oxygen atoms in total. The van der Waals surface area contributed by atoms with E-state index in [2.05, 4.69) is 49.1 Å². The van der Waals surface area contributed by atoms with Crippen molar-refractivity contribution in [3.8, 4) is 0 Å². The third kappa shape index (κ3) is 4.39. The number of aromatic nitrogens is 1. The van der Waals surface area contributed by atoms with Crippen LogP contribution in [0.1, 0.15) is 26.2 Å². The summed E-state index contributed by atoms with van der Waals surface area (Å²) in [5.41, 5.74) is 5.73. The Balaban J connectivity index is 2.62. The lowest BCUT2D eigenvalue weighted by atomic mass is 10.1. The highest BCUT2D eigenvalue weighted by molar-refractivity contribution is 9.11. The van der Waals surface area contributed by atoms with Gasteiger partial charge in [0.05, 0.1) is 4.47 Å². The van der Waals surface area contributed by atoms with Crippen LogP contribution in [0.25, 0.3) is 0 Å². The third-order valence-corrected chi connectivity index (χ3v) is 3.38. The van der Waals surface area contributed by atoms with Gasteiger partial charge in [0.25, 0.3) is 0 Å². The number of nitrogens with zero attached hydrogens (tertiary/aromatic N) is 1. The van der Waals surface area contributed by atoms with E-state index in [0.29, 0.717) is 12.6 Å². The minimum absolute atomic E-state index is 0.296. The van der Waals surface area contributed by atoms with Crippen molar-refractivity contribution in [1.82, 2.24) is 4.98 Å². The average molecular weight is 351 g/mol. The highest BCUT2D eigenvalue weighted by Gasteiger charge is 2.09. The molecule has 1 unspecified atom stereocenters. The summed E-state index contributed by atoms with van der Waals surface area (Å²) in [5, 5.41) is 3.36. The number of nitrogens with two attached hydrogens (primary N) is 1. The first-order chi connectivity index (χ1) is 7.67. The van der Waals surface area contributed by atoms with Crippen molar-refractivity contribution < 1.29 is 0 Å². The Morgan fingerprint density at radius 2 is 2.25 bits per heavy atom. The van der Waals surface area contributed by atoms with E-state index in [1.807, 2.05) is 6.07 Å². The van der Waals surface area contributed by atoms with Gasteiger partial charge in [-0.15, -0.1) is 0 Å². The normalized spacial score (nSPS) is 12.5. The SMILES string of the molecule is CCCCC(CN)Nc1ncc(Br)cc1Br. The van der Waals surface area contributed by atoms with Crippen LogP contribution in [0.5, 0.6) is 0 Å². The fourth-order valence-corrected chi connectivity index (χ4v) is 2.52. The monoisotopic (exact) mass is 349 g/mol. The predicted octanol–water partition coefficient (Wildman–Crippen LogP) is 3.54. The number of hydrogen-bond acceptors (Lipinski definition) is 3. The van der Waals surface area contributed by atoms with E-state index in [1.165, 1.54) is 12.8 Å². The van der Waals surface area contributed by atoms with Gasteiger partial charge in [-0.1, -0.05) is 19.8 Å². The van der Waals surface area contributed by atoms with Crippen LogP contribution < -0.4 is 11.1 Å². The number of anilines is 1. The molecule has 1 aromatic heterocycles. The first-order valence-electron chi connectivity index (χ1n) is 5.45. The van der Waals surface area contributed by atoms with E-state index in [1.54, 1.807) is 6.20 Å². The van der Waals surface area contributed by atoms with Crippen molar-refractivity contribution in [1.29, 1.82) is 0 Å². The molecular weight excluding hydrogens is 334 g/mol. The Bertz CT molecular complexity index is 331. The number of hydrogen-bond donors (Lipinski definition) is 2. The van der Waals surface area contributed by atoms with Gasteiger partial charge in [0.1, 0.15) is 5.82 Å². The molecule has 16 heavy (non-hydrogen) atoms. The summed E-state index contributed by atoms with van der Waals surface area (Å²) in [7, 11) is 0. The predicted molar refractivity (Wildman–Crippen MR) is 75.6 cm³/mol. The molecule has 0 aromatic carbocycles. The van der Waals surface area contributed by atoms with Crippen LogP contribution in [0.15, 0.2) is 21.2 Å². The summed E-state index contributed by atoms with van der Waals surface area (Å²) in [6.07, 6.45) is 5.23. The van der Waals surface area contributed by atoms with Crippen molar-refractivity contribution in [3.05, 3.63) is 21.2 Å². The zero-order chi connectivity index (χ0) is 12.0. The summed E-state index contributed by atoms with van der Waals surface area (Å²) >= 11 is 6.85. The van der Waals surface area contributed by atoms with Crippen LogP contribution in [0.4, 0.5) is 5.82 Å². The lowest BCUT2D eigenvalue weighted by Gasteiger charge is -2.17. The maximum atomic E-state index is 5.73. The van der Waals surface area contributed by atoms with Crippen molar-refractivity contribution in [2.24, 2.45) is 5.73 Å². The quantitative estimate of drug-likeness (QED) is 0.825. The van der Waals surface area contributed by atoms with Crippen molar-refractivity contribution in [2.75, 3.05) is 11.9 Å². The second-order valence-electron chi connectivity index (χ2n) is 3.70. The highest BCUT2D eigenvalue weighted by atomic mass is 79.9. The van der Waals surface area contributed by atoms with Gasteiger partial charge in [-0.3, -0.25) is 0 Å². The number of rotatable bonds is 6. The summed E-state index contributed by atoms with van der Waals surface area (Å²) in [4.78, 5) is 4.31. The minimum atomic E-state index is 0.296. The van der Waals surface area contributed by atoms with E-state index >= 15 is 0 Å². The smallest absolute Gasteiger partial charge is 0.140 e. The van der Waals surface area contributed by atoms with E-state index in [9.17, 15) is 0 Å². The van der Waals surface area contributed by atoms with Crippen LogP contribution in [-0.2, 0) is 0 Å². The summed E-state index contributed by atoms with van der Waals surface area (Å²) < 4.78 is 1.92. The summed E-state index contributed by atoms with van der Waals surface area (Å²) in [6.45, 7) is 2.81.